The Morgan fingerprint density at radius 1 is 1.23 bits per heavy atom. The maximum Gasteiger partial charge on any atom is 0.0128 e. The number of hydrogen-bond donors (Lipinski definition) is 0. The Morgan fingerprint density at radius 2 is 2.23 bits per heavy atom. The summed E-state index contributed by atoms with van der Waals surface area (Å²) in [6.07, 6.45) is 16.1. The molecule has 13 heavy (non-hydrogen) atoms. The van der Waals surface area contributed by atoms with Crippen molar-refractivity contribution in [2.24, 2.45) is 5.92 Å². The van der Waals surface area contributed by atoms with Crippen LogP contribution in [0.4, 0.5) is 0 Å². The van der Waals surface area contributed by atoms with Gasteiger partial charge in [-0.25, -0.2) is 0 Å². The first kappa shape index (κ1) is 7.61. The van der Waals surface area contributed by atoms with Gasteiger partial charge in [-0.15, -0.1) is 0 Å². The second kappa shape index (κ2) is 2.87. The summed E-state index contributed by atoms with van der Waals surface area (Å²) in [6.45, 7) is 0. The molecule has 67 valence electrons. The summed E-state index contributed by atoms with van der Waals surface area (Å²) in [4.78, 5) is 0. The Bertz CT molecular complexity index is 315. The molecule has 3 rings (SSSR count). The van der Waals surface area contributed by atoms with Crippen molar-refractivity contribution in [1.29, 1.82) is 0 Å². The molecule has 1 unspecified atom stereocenters. The smallest absolute Gasteiger partial charge is 0.0128 e. The third-order valence-corrected chi connectivity index (χ3v) is 3.54. The highest BCUT2D eigenvalue weighted by atomic mass is 14.3. The van der Waals surface area contributed by atoms with Crippen LogP contribution in [0.5, 0.6) is 0 Å². The normalized spacial score (nSPS) is 31.4. The maximum absolute atomic E-state index is 2.45. The fourth-order valence-electron chi connectivity index (χ4n) is 2.80. The van der Waals surface area contributed by atoms with E-state index in [9.17, 15) is 0 Å². The molecule has 0 amide bonds. The van der Waals surface area contributed by atoms with Crippen LogP contribution in [-0.4, -0.2) is 0 Å². The van der Waals surface area contributed by atoms with E-state index in [4.69, 9.17) is 0 Å². The SMILES string of the molecule is [CH]1C=CC2=C1C=C1CCCCC1C2. The highest BCUT2D eigenvalue weighted by Crippen LogP contribution is 2.41. The molecule has 1 atom stereocenters. The maximum atomic E-state index is 2.45. The quantitative estimate of drug-likeness (QED) is 0.522. The lowest BCUT2D eigenvalue weighted by Crippen LogP contribution is -2.14. The third-order valence-electron chi connectivity index (χ3n) is 3.54. The number of rotatable bonds is 0. The van der Waals surface area contributed by atoms with Crippen molar-refractivity contribution in [2.75, 3.05) is 0 Å². The number of allylic oxidation sites excluding steroid dienone is 6. The van der Waals surface area contributed by atoms with E-state index in [-0.39, 0.29) is 0 Å². The van der Waals surface area contributed by atoms with Gasteiger partial charge in [-0.3, -0.25) is 0 Å². The van der Waals surface area contributed by atoms with Crippen LogP contribution in [0.1, 0.15) is 32.1 Å². The van der Waals surface area contributed by atoms with E-state index < -0.39 is 0 Å². The molecule has 0 heteroatoms. The highest BCUT2D eigenvalue weighted by molar-refractivity contribution is 5.52. The lowest BCUT2D eigenvalue weighted by Gasteiger charge is -2.29. The summed E-state index contributed by atoms with van der Waals surface area (Å²) < 4.78 is 0. The van der Waals surface area contributed by atoms with Crippen LogP contribution < -0.4 is 0 Å². The van der Waals surface area contributed by atoms with E-state index in [2.05, 4.69) is 24.6 Å². The molecule has 0 aromatic rings. The van der Waals surface area contributed by atoms with Crippen LogP contribution in [0.2, 0.25) is 0 Å². The molecule has 0 saturated heterocycles. The van der Waals surface area contributed by atoms with Crippen LogP contribution in [-0.2, 0) is 0 Å². The van der Waals surface area contributed by atoms with Crippen molar-refractivity contribution in [2.45, 2.75) is 32.1 Å². The van der Waals surface area contributed by atoms with Gasteiger partial charge in [0.05, 0.1) is 0 Å². The number of hydrogen-bond acceptors (Lipinski definition) is 0. The molecule has 0 heterocycles. The first-order valence-electron chi connectivity index (χ1n) is 5.38. The van der Waals surface area contributed by atoms with Crippen molar-refractivity contribution in [1.82, 2.24) is 0 Å². The van der Waals surface area contributed by atoms with Gasteiger partial charge in [0, 0.05) is 6.42 Å². The first-order valence-corrected chi connectivity index (χ1v) is 5.38. The summed E-state index contributed by atoms with van der Waals surface area (Å²) in [7, 11) is 0. The summed E-state index contributed by atoms with van der Waals surface area (Å²) in [5.41, 5.74) is 4.80. The Kier molecular flexibility index (Phi) is 1.68. The molecule has 1 fully saturated rings. The Morgan fingerprint density at radius 3 is 3.23 bits per heavy atom. The molecule has 0 aromatic heterocycles. The second-order valence-electron chi connectivity index (χ2n) is 4.37. The Hall–Kier alpha value is -0.780. The Labute approximate surface area is 80.0 Å². The van der Waals surface area contributed by atoms with Gasteiger partial charge >= 0.3 is 0 Å². The van der Waals surface area contributed by atoms with Crippen LogP contribution in [0.3, 0.4) is 0 Å². The lowest BCUT2D eigenvalue weighted by molar-refractivity contribution is 0.447. The summed E-state index contributed by atoms with van der Waals surface area (Å²) in [5, 5.41) is 0. The van der Waals surface area contributed by atoms with Gasteiger partial charge in [0.25, 0.3) is 0 Å². The van der Waals surface area contributed by atoms with E-state index >= 15 is 0 Å². The molecule has 0 aliphatic heterocycles. The molecule has 0 spiro atoms. The van der Waals surface area contributed by atoms with Gasteiger partial charge in [0.2, 0.25) is 0 Å². The van der Waals surface area contributed by atoms with Crippen molar-refractivity contribution in [3.05, 3.63) is 41.4 Å². The zero-order valence-electron chi connectivity index (χ0n) is 7.92. The van der Waals surface area contributed by atoms with Crippen molar-refractivity contribution in [3.8, 4) is 0 Å². The summed E-state index contributed by atoms with van der Waals surface area (Å²) in [5.74, 6) is 0.892. The molecule has 1 radical (unpaired) electrons. The van der Waals surface area contributed by atoms with E-state index in [1.807, 2.05) is 0 Å². The fraction of sp³-hybridized carbons (Fsp3) is 0.462. The zero-order chi connectivity index (χ0) is 8.67. The van der Waals surface area contributed by atoms with Gasteiger partial charge < -0.3 is 0 Å². The molecule has 0 aromatic carbocycles. The van der Waals surface area contributed by atoms with E-state index in [1.165, 1.54) is 37.7 Å². The molecular weight excluding hydrogens is 156 g/mol. The minimum Gasteiger partial charge on any atom is -0.0758 e. The molecule has 3 aliphatic carbocycles. The second-order valence-corrected chi connectivity index (χ2v) is 4.37. The lowest BCUT2D eigenvalue weighted by atomic mass is 9.76. The largest absolute Gasteiger partial charge is 0.0758 e. The molecule has 1 saturated carbocycles. The van der Waals surface area contributed by atoms with Crippen molar-refractivity contribution >= 4 is 0 Å². The Balaban J connectivity index is 1.93. The summed E-state index contributed by atoms with van der Waals surface area (Å²) in [6, 6.07) is 0. The standard InChI is InChI=1S/C13H15/c1-2-5-11-9-13-7-3-6-12(13)8-10(11)4-1/h3,6-8,11H,1-2,4-5,9H2. The topological polar surface area (TPSA) is 0 Å². The van der Waals surface area contributed by atoms with Gasteiger partial charge in [0.1, 0.15) is 0 Å². The van der Waals surface area contributed by atoms with Gasteiger partial charge in [-0.2, -0.15) is 0 Å². The minimum absolute atomic E-state index is 0.892. The average molecular weight is 171 g/mol. The van der Waals surface area contributed by atoms with Gasteiger partial charge in [-0.1, -0.05) is 30.2 Å². The molecule has 0 bridgehead atoms. The predicted molar refractivity (Wildman–Crippen MR) is 55.1 cm³/mol. The van der Waals surface area contributed by atoms with Crippen LogP contribution >= 0.6 is 0 Å². The first-order chi connectivity index (χ1) is 6.43. The van der Waals surface area contributed by atoms with Gasteiger partial charge in [0.15, 0.2) is 0 Å². The van der Waals surface area contributed by atoms with Crippen LogP contribution in [0, 0.1) is 12.3 Å². The van der Waals surface area contributed by atoms with E-state index in [1.54, 1.807) is 11.1 Å². The fourth-order valence-corrected chi connectivity index (χ4v) is 2.80. The zero-order valence-corrected chi connectivity index (χ0v) is 7.92. The molecular formula is C13H15. The van der Waals surface area contributed by atoms with Gasteiger partial charge in [-0.05, 0) is 42.7 Å². The monoisotopic (exact) mass is 171 g/mol. The third kappa shape index (κ3) is 1.20. The average Bonchev–Trinajstić information content (AvgIpc) is 2.61. The van der Waals surface area contributed by atoms with Crippen molar-refractivity contribution < 1.29 is 0 Å². The van der Waals surface area contributed by atoms with E-state index in [0.717, 1.165) is 5.92 Å². The van der Waals surface area contributed by atoms with Crippen molar-refractivity contribution in [3.63, 3.8) is 0 Å². The minimum atomic E-state index is 0.892. The van der Waals surface area contributed by atoms with Crippen LogP contribution in [0.15, 0.2) is 34.9 Å². The number of fused-ring (bicyclic) bond motifs is 1. The highest BCUT2D eigenvalue weighted by Gasteiger charge is 2.25. The molecule has 3 aliphatic rings. The molecule has 0 N–H and O–H groups in total. The van der Waals surface area contributed by atoms with Crippen LogP contribution in [0.25, 0.3) is 0 Å². The molecule has 0 nitrogen and oxygen atoms in total. The predicted octanol–water partition coefficient (Wildman–Crippen LogP) is 3.58. The summed E-state index contributed by atoms with van der Waals surface area (Å²) >= 11 is 0. The van der Waals surface area contributed by atoms with E-state index in [0.29, 0.717) is 0 Å².